The lowest BCUT2D eigenvalue weighted by atomic mass is 9.97. The molecule has 2 aromatic rings. The van der Waals surface area contributed by atoms with Crippen molar-refractivity contribution in [3.63, 3.8) is 0 Å². The van der Waals surface area contributed by atoms with Gasteiger partial charge in [0.05, 0.1) is 21.5 Å². The van der Waals surface area contributed by atoms with Gasteiger partial charge in [0.25, 0.3) is 0 Å². The molecule has 1 saturated heterocycles. The summed E-state index contributed by atoms with van der Waals surface area (Å²) in [5, 5.41) is 5.10. The minimum absolute atomic E-state index is 0.107. The van der Waals surface area contributed by atoms with Crippen molar-refractivity contribution in [2.24, 2.45) is 5.92 Å². The summed E-state index contributed by atoms with van der Waals surface area (Å²) in [5.41, 5.74) is 0.610. The molecule has 1 unspecified atom stereocenters. The van der Waals surface area contributed by atoms with E-state index < -0.39 is 21.8 Å². The van der Waals surface area contributed by atoms with Crippen LogP contribution >= 0.6 is 11.8 Å². The Bertz CT molecular complexity index is 1130. The SMILES string of the molecule is CC1Sc2ccc(S(=O)(=O)N3CCC(C(=O)Nc4ccccc4F)CC3)cc2NC1=O. The summed E-state index contributed by atoms with van der Waals surface area (Å²) in [7, 11) is -3.76. The number of piperidine rings is 1. The number of halogens is 1. The van der Waals surface area contributed by atoms with Gasteiger partial charge in [0, 0.05) is 23.9 Å². The van der Waals surface area contributed by atoms with Crippen LogP contribution in [-0.4, -0.2) is 42.9 Å². The number of carbonyl (C=O) groups is 2. The number of hydrogen-bond acceptors (Lipinski definition) is 5. The van der Waals surface area contributed by atoms with Crippen molar-refractivity contribution in [3.8, 4) is 0 Å². The Balaban J connectivity index is 1.42. The number of hydrogen-bond donors (Lipinski definition) is 2. The summed E-state index contributed by atoms with van der Waals surface area (Å²) in [5.74, 6) is -1.38. The average molecular weight is 464 g/mol. The van der Waals surface area contributed by atoms with Crippen LogP contribution < -0.4 is 10.6 Å². The third kappa shape index (κ3) is 4.46. The first-order chi connectivity index (χ1) is 14.8. The predicted molar refractivity (Wildman–Crippen MR) is 117 cm³/mol. The summed E-state index contributed by atoms with van der Waals surface area (Å²) < 4.78 is 41.3. The third-order valence-electron chi connectivity index (χ3n) is 5.48. The van der Waals surface area contributed by atoms with Gasteiger partial charge in [-0.2, -0.15) is 4.31 Å². The molecule has 2 heterocycles. The Kier molecular flexibility index (Phi) is 6.05. The predicted octanol–water partition coefficient (Wildman–Crippen LogP) is 3.30. The van der Waals surface area contributed by atoms with Crippen LogP contribution in [0.2, 0.25) is 0 Å². The van der Waals surface area contributed by atoms with Gasteiger partial charge >= 0.3 is 0 Å². The van der Waals surface area contributed by atoms with E-state index in [1.54, 1.807) is 31.2 Å². The maximum atomic E-state index is 13.8. The topological polar surface area (TPSA) is 95.6 Å². The number of thioether (sulfide) groups is 1. The van der Waals surface area contributed by atoms with Gasteiger partial charge in [0.1, 0.15) is 5.82 Å². The van der Waals surface area contributed by atoms with Gasteiger partial charge in [-0.25, -0.2) is 12.8 Å². The van der Waals surface area contributed by atoms with Crippen LogP contribution in [0.25, 0.3) is 0 Å². The van der Waals surface area contributed by atoms with E-state index in [9.17, 15) is 22.4 Å². The lowest BCUT2D eigenvalue weighted by molar-refractivity contribution is -0.121. The minimum atomic E-state index is -3.76. The number of para-hydroxylation sites is 1. The summed E-state index contributed by atoms with van der Waals surface area (Å²) in [6.07, 6.45) is 0.684. The van der Waals surface area contributed by atoms with Crippen molar-refractivity contribution in [1.29, 1.82) is 0 Å². The molecule has 164 valence electrons. The second kappa shape index (κ2) is 8.60. The second-order valence-corrected chi connectivity index (χ2v) is 10.9. The molecule has 10 heteroatoms. The zero-order valence-corrected chi connectivity index (χ0v) is 18.4. The van der Waals surface area contributed by atoms with Crippen LogP contribution in [0.15, 0.2) is 52.3 Å². The molecular formula is C21H22FN3O4S2. The van der Waals surface area contributed by atoms with Crippen molar-refractivity contribution < 1.29 is 22.4 Å². The van der Waals surface area contributed by atoms with E-state index in [1.165, 1.54) is 34.3 Å². The maximum Gasteiger partial charge on any atom is 0.243 e. The molecule has 1 atom stereocenters. The van der Waals surface area contributed by atoms with Crippen molar-refractivity contribution >= 4 is 45.0 Å². The molecule has 0 aliphatic carbocycles. The highest BCUT2D eigenvalue weighted by Crippen LogP contribution is 2.37. The first-order valence-corrected chi connectivity index (χ1v) is 12.2. The smallest absolute Gasteiger partial charge is 0.243 e. The number of benzene rings is 2. The highest BCUT2D eigenvalue weighted by Gasteiger charge is 2.33. The fourth-order valence-electron chi connectivity index (χ4n) is 3.65. The summed E-state index contributed by atoms with van der Waals surface area (Å²) >= 11 is 1.39. The molecule has 0 saturated carbocycles. The van der Waals surface area contributed by atoms with Crippen molar-refractivity contribution in [2.75, 3.05) is 23.7 Å². The Labute approximate surface area is 184 Å². The Morgan fingerprint density at radius 1 is 1.19 bits per heavy atom. The zero-order valence-electron chi connectivity index (χ0n) is 16.8. The fourth-order valence-corrected chi connectivity index (χ4v) is 6.08. The number of nitrogens with zero attached hydrogens (tertiary/aromatic N) is 1. The molecule has 2 aromatic carbocycles. The average Bonchev–Trinajstić information content (AvgIpc) is 2.76. The summed E-state index contributed by atoms with van der Waals surface area (Å²) in [6, 6.07) is 10.7. The molecule has 0 aromatic heterocycles. The van der Waals surface area contributed by atoms with Gasteiger partial charge < -0.3 is 10.6 Å². The normalized spacial score (nSPS) is 20.1. The van der Waals surface area contributed by atoms with Gasteiger partial charge in [-0.05, 0) is 50.1 Å². The van der Waals surface area contributed by atoms with Gasteiger partial charge in [0.15, 0.2) is 0 Å². The van der Waals surface area contributed by atoms with Crippen molar-refractivity contribution in [2.45, 2.75) is 34.8 Å². The number of carbonyl (C=O) groups excluding carboxylic acids is 2. The summed E-state index contributed by atoms with van der Waals surface area (Å²) in [6.45, 7) is 2.17. The van der Waals surface area contributed by atoms with Crippen LogP contribution in [0.1, 0.15) is 19.8 Å². The largest absolute Gasteiger partial charge is 0.324 e. The first kappa shape index (κ1) is 21.8. The molecule has 2 N–H and O–H groups in total. The van der Waals surface area contributed by atoms with E-state index in [4.69, 9.17) is 0 Å². The molecule has 7 nitrogen and oxygen atoms in total. The molecule has 0 spiro atoms. The van der Waals surface area contributed by atoms with E-state index >= 15 is 0 Å². The Hall–Kier alpha value is -2.43. The lowest BCUT2D eigenvalue weighted by Crippen LogP contribution is -2.41. The van der Waals surface area contributed by atoms with E-state index in [0.29, 0.717) is 18.5 Å². The number of amides is 2. The molecule has 2 aliphatic heterocycles. The van der Waals surface area contributed by atoms with Crippen LogP contribution in [0.4, 0.5) is 15.8 Å². The van der Waals surface area contributed by atoms with Crippen LogP contribution in [0, 0.1) is 11.7 Å². The van der Waals surface area contributed by atoms with Crippen molar-refractivity contribution in [1.82, 2.24) is 4.31 Å². The molecule has 0 bridgehead atoms. The molecular weight excluding hydrogens is 441 g/mol. The number of sulfonamides is 1. The number of nitrogens with one attached hydrogen (secondary N) is 2. The van der Waals surface area contributed by atoms with Crippen molar-refractivity contribution in [3.05, 3.63) is 48.3 Å². The van der Waals surface area contributed by atoms with E-state index in [2.05, 4.69) is 10.6 Å². The quantitative estimate of drug-likeness (QED) is 0.726. The van der Waals surface area contributed by atoms with E-state index in [0.717, 1.165) is 4.90 Å². The standard InChI is InChI=1S/C21H22FN3O4S2/c1-13-20(26)24-18-12-15(6-7-19(18)30-13)31(28,29)25-10-8-14(9-11-25)21(27)23-17-5-3-2-4-16(17)22/h2-7,12-14H,8-11H2,1H3,(H,23,27)(H,24,26). The van der Waals surface area contributed by atoms with Gasteiger partial charge in [-0.1, -0.05) is 12.1 Å². The zero-order chi connectivity index (χ0) is 22.2. The number of fused-ring (bicyclic) bond motifs is 1. The fraction of sp³-hybridized carbons (Fsp3) is 0.333. The van der Waals surface area contributed by atoms with Gasteiger partial charge in [-0.15, -0.1) is 11.8 Å². The maximum absolute atomic E-state index is 13.8. The molecule has 1 fully saturated rings. The molecule has 31 heavy (non-hydrogen) atoms. The van der Waals surface area contributed by atoms with Gasteiger partial charge in [0.2, 0.25) is 21.8 Å². The molecule has 2 amide bonds. The molecule has 2 aliphatic rings. The van der Waals surface area contributed by atoms with Crippen LogP contribution in [-0.2, 0) is 19.6 Å². The first-order valence-electron chi connectivity index (χ1n) is 9.93. The van der Waals surface area contributed by atoms with Gasteiger partial charge in [-0.3, -0.25) is 9.59 Å². The molecule has 0 radical (unpaired) electrons. The highest BCUT2D eigenvalue weighted by molar-refractivity contribution is 8.01. The molecule has 4 rings (SSSR count). The highest BCUT2D eigenvalue weighted by atomic mass is 32.2. The Morgan fingerprint density at radius 2 is 1.90 bits per heavy atom. The van der Waals surface area contributed by atoms with Crippen LogP contribution in [0.3, 0.4) is 0 Å². The van der Waals surface area contributed by atoms with E-state index in [-0.39, 0.29) is 40.7 Å². The minimum Gasteiger partial charge on any atom is -0.324 e. The van der Waals surface area contributed by atoms with E-state index in [1.807, 2.05) is 0 Å². The third-order valence-corrected chi connectivity index (χ3v) is 8.55. The number of rotatable bonds is 4. The lowest BCUT2D eigenvalue weighted by Gasteiger charge is -2.31. The number of anilines is 2. The van der Waals surface area contributed by atoms with Crippen LogP contribution in [0.5, 0.6) is 0 Å². The summed E-state index contributed by atoms with van der Waals surface area (Å²) in [4.78, 5) is 25.3. The Morgan fingerprint density at radius 3 is 2.61 bits per heavy atom. The second-order valence-electron chi connectivity index (χ2n) is 7.55. The monoisotopic (exact) mass is 463 g/mol.